The first-order valence-electron chi connectivity index (χ1n) is 6.66. The van der Waals surface area contributed by atoms with Gasteiger partial charge in [-0.1, -0.05) is 11.6 Å². The lowest BCUT2D eigenvalue weighted by Gasteiger charge is -2.35. The fourth-order valence-electron chi connectivity index (χ4n) is 2.95. The number of amides is 2. The van der Waals surface area contributed by atoms with Gasteiger partial charge in [0, 0.05) is 13.0 Å². The summed E-state index contributed by atoms with van der Waals surface area (Å²) < 4.78 is 19.8. The number of fused-ring (bicyclic) bond motifs is 2. The van der Waals surface area contributed by atoms with Crippen LogP contribution in [0.4, 0.5) is 14.9 Å². The molecule has 1 unspecified atom stereocenters. The number of nitrogens with zero attached hydrogens (tertiary/aromatic N) is 1. The average Bonchev–Trinajstić information content (AvgIpc) is 2.87. The Morgan fingerprint density at radius 2 is 2.36 bits per heavy atom. The molecule has 0 saturated carbocycles. The van der Waals surface area contributed by atoms with Crippen LogP contribution in [-0.2, 0) is 15.1 Å². The van der Waals surface area contributed by atoms with E-state index < -0.39 is 17.5 Å². The van der Waals surface area contributed by atoms with Crippen molar-refractivity contribution in [3.63, 3.8) is 0 Å². The van der Waals surface area contributed by atoms with E-state index in [2.05, 4.69) is 10.7 Å². The van der Waals surface area contributed by atoms with E-state index in [0.29, 0.717) is 18.7 Å². The van der Waals surface area contributed by atoms with Gasteiger partial charge in [0.25, 0.3) is 0 Å². The quantitative estimate of drug-likeness (QED) is 0.554. The van der Waals surface area contributed by atoms with Gasteiger partial charge in [0.2, 0.25) is 5.91 Å². The average molecular weight is 329 g/mol. The molecule has 4 N–H and O–H groups in total. The van der Waals surface area contributed by atoms with Gasteiger partial charge in [-0.15, -0.1) is 0 Å². The van der Waals surface area contributed by atoms with E-state index in [1.165, 1.54) is 17.0 Å². The SMILES string of the molecule is NNCC(=O)N1CCC2(C1)OC(=O)Nc1ccc(Cl)c(F)c12. The van der Waals surface area contributed by atoms with Crippen molar-refractivity contribution in [3.8, 4) is 0 Å². The zero-order chi connectivity index (χ0) is 15.9. The summed E-state index contributed by atoms with van der Waals surface area (Å²) in [7, 11) is 0. The molecule has 22 heavy (non-hydrogen) atoms. The van der Waals surface area contributed by atoms with Gasteiger partial charge in [-0.05, 0) is 12.1 Å². The Bertz CT molecular complexity index is 656. The molecule has 1 fully saturated rings. The van der Waals surface area contributed by atoms with Gasteiger partial charge in [0.15, 0.2) is 11.4 Å². The summed E-state index contributed by atoms with van der Waals surface area (Å²) in [6, 6.07) is 2.89. The summed E-state index contributed by atoms with van der Waals surface area (Å²) in [6.07, 6.45) is -0.387. The standard InChI is InChI=1S/C13H14ClFN4O3/c14-7-1-2-8-10(11(7)15)13(22-12(21)18-8)3-4-19(6-13)9(20)5-17-16/h1-2,17H,3-6,16H2,(H,18,21). The first-order chi connectivity index (χ1) is 10.5. The maximum absolute atomic E-state index is 14.5. The van der Waals surface area contributed by atoms with E-state index in [1.54, 1.807) is 0 Å². The van der Waals surface area contributed by atoms with Crippen LogP contribution in [0, 0.1) is 5.82 Å². The summed E-state index contributed by atoms with van der Waals surface area (Å²) in [5, 5.41) is 2.39. The Morgan fingerprint density at radius 3 is 3.09 bits per heavy atom. The summed E-state index contributed by atoms with van der Waals surface area (Å²) in [4.78, 5) is 25.2. The zero-order valence-corrected chi connectivity index (χ0v) is 12.2. The molecule has 2 amide bonds. The third-order valence-corrected chi connectivity index (χ3v) is 4.20. The third kappa shape index (κ3) is 2.29. The lowest BCUT2D eigenvalue weighted by molar-refractivity contribution is -0.130. The maximum atomic E-state index is 14.5. The van der Waals surface area contributed by atoms with Crippen molar-refractivity contribution in [3.05, 3.63) is 28.5 Å². The van der Waals surface area contributed by atoms with Crippen LogP contribution in [0.25, 0.3) is 0 Å². The molecule has 9 heteroatoms. The van der Waals surface area contributed by atoms with Gasteiger partial charge in [-0.2, -0.15) is 0 Å². The van der Waals surface area contributed by atoms with Crippen LogP contribution in [-0.4, -0.2) is 36.5 Å². The second kappa shape index (κ2) is 5.38. The van der Waals surface area contributed by atoms with E-state index in [1.807, 2.05) is 0 Å². The van der Waals surface area contributed by atoms with Crippen molar-refractivity contribution in [2.45, 2.75) is 12.0 Å². The molecular formula is C13H14ClFN4O3. The van der Waals surface area contributed by atoms with Gasteiger partial charge >= 0.3 is 6.09 Å². The van der Waals surface area contributed by atoms with Crippen molar-refractivity contribution in [2.24, 2.45) is 5.84 Å². The molecule has 1 saturated heterocycles. The normalized spacial score (nSPS) is 23.2. The van der Waals surface area contributed by atoms with Crippen molar-refractivity contribution in [1.82, 2.24) is 10.3 Å². The topological polar surface area (TPSA) is 96.7 Å². The highest BCUT2D eigenvalue weighted by Gasteiger charge is 2.50. The number of hydrazine groups is 1. The second-order valence-corrected chi connectivity index (χ2v) is 5.65. The van der Waals surface area contributed by atoms with Gasteiger partial charge in [-0.25, -0.2) is 9.18 Å². The van der Waals surface area contributed by atoms with E-state index in [-0.39, 0.29) is 29.6 Å². The first-order valence-corrected chi connectivity index (χ1v) is 7.04. The van der Waals surface area contributed by atoms with Crippen LogP contribution in [0.15, 0.2) is 12.1 Å². The molecule has 2 heterocycles. The largest absolute Gasteiger partial charge is 0.436 e. The molecular weight excluding hydrogens is 315 g/mol. The highest BCUT2D eigenvalue weighted by molar-refractivity contribution is 6.31. The van der Waals surface area contributed by atoms with Crippen molar-refractivity contribution >= 4 is 29.3 Å². The smallest absolute Gasteiger partial charge is 0.412 e. The first kappa shape index (κ1) is 15.0. The minimum absolute atomic E-state index is 0.0485. The minimum Gasteiger partial charge on any atom is -0.436 e. The molecule has 2 aliphatic heterocycles. The predicted molar refractivity (Wildman–Crippen MR) is 76.6 cm³/mol. The maximum Gasteiger partial charge on any atom is 0.412 e. The number of carbonyl (C=O) groups is 2. The second-order valence-electron chi connectivity index (χ2n) is 5.24. The molecule has 2 aliphatic rings. The van der Waals surface area contributed by atoms with Crippen molar-refractivity contribution in [2.75, 3.05) is 25.0 Å². The molecule has 1 aromatic rings. The van der Waals surface area contributed by atoms with E-state index in [0.717, 1.165) is 0 Å². The number of rotatable bonds is 2. The monoisotopic (exact) mass is 328 g/mol. The summed E-state index contributed by atoms with van der Waals surface area (Å²) in [5.74, 6) is 4.24. The summed E-state index contributed by atoms with van der Waals surface area (Å²) >= 11 is 5.84. The predicted octanol–water partition coefficient (Wildman–Crippen LogP) is 0.932. The number of likely N-dealkylation sites (tertiary alicyclic amines) is 1. The van der Waals surface area contributed by atoms with Crippen LogP contribution in [0.1, 0.15) is 12.0 Å². The molecule has 7 nitrogen and oxygen atoms in total. The Morgan fingerprint density at radius 1 is 1.59 bits per heavy atom. The van der Waals surface area contributed by atoms with Crippen LogP contribution in [0.5, 0.6) is 0 Å². The number of ether oxygens (including phenoxy) is 1. The Balaban J connectivity index is 2.01. The van der Waals surface area contributed by atoms with Crippen molar-refractivity contribution in [1.29, 1.82) is 0 Å². The number of hydrogen-bond donors (Lipinski definition) is 3. The van der Waals surface area contributed by atoms with Crippen LogP contribution >= 0.6 is 11.6 Å². The third-order valence-electron chi connectivity index (χ3n) is 3.91. The summed E-state index contributed by atoms with van der Waals surface area (Å²) in [5.41, 5.74) is 1.54. The molecule has 118 valence electrons. The Hall–Kier alpha value is -1.90. The molecule has 3 rings (SSSR count). The van der Waals surface area contributed by atoms with Gasteiger partial charge in [-0.3, -0.25) is 21.4 Å². The molecule has 0 aromatic heterocycles. The van der Waals surface area contributed by atoms with E-state index in [4.69, 9.17) is 22.2 Å². The van der Waals surface area contributed by atoms with Gasteiger partial charge in [0.1, 0.15) is 0 Å². The minimum atomic E-state index is -1.23. The lowest BCUT2D eigenvalue weighted by Crippen LogP contribution is -2.45. The van der Waals surface area contributed by atoms with Gasteiger partial charge < -0.3 is 9.64 Å². The molecule has 1 atom stereocenters. The van der Waals surface area contributed by atoms with Crippen LogP contribution in [0.2, 0.25) is 5.02 Å². The highest BCUT2D eigenvalue weighted by atomic mass is 35.5. The number of halogens is 2. The molecule has 0 aliphatic carbocycles. The van der Waals surface area contributed by atoms with E-state index in [9.17, 15) is 14.0 Å². The number of nitrogens with two attached hydrogens (primary N) is 1. The fraction of sp³-hybridized carbons (Fsp3) is 0.385. The molecule has 0 bridgehead atoms. The van der Waals surface area contributed by atoms with Gasteiger partial charge in [0.05, 0.1) is 29.4 Å². The van der Waals surface area contributed by atoms with Crippen LogP contribution < -0.4 is 16.6 Å². The zero-order valence-electron chi connectivity index (χ0n) is 11.5. The highest BCUT2D eigenvalue weighted by Crippen LogP contribution is 2.45. The number of hydrogen-bond acceptors (Lipinski definition) is 5. The van der Waals surface area contributed by atoms with Crippen LogP contribution in [0.3, 0.4) is 0 Å². The summed E-state index contributed by atoms with van der Waals surface area (Å²) in [6.45, 7) is 0.345. The number of benzene rings is 1. The molecule has 0 radical (unpaired) electrons. The lowest BCUT2D eigenvalue weighted by atomic mass is 9.89. The number of nitrogens with one attached hydrogen (secondary N) is 2. The van der Waals surface area contributed by atoms with E-state index >= 15 is 0 Å². The molecule has 1 spiro atoms. The Kier molecular flexibility index (Phi) is 3.67. The number of carbonyl (C=O) groups excluding carboxylic acids is 2. The van der Waals surface area contributed by atoms with Crippen molar-refractivity contribution < 1.29 is 18.7 Å². The number of anilines is 1. The molecule has 1 aromatic carbocycles. The Labute approximate surface area is 130 Å². The fourth-order valence-corrected chi connectivity index (χ4v) is 3.10.